The van der Waals surface area contributed by atoms with E-state index in [0.29, 0.717) is 34.8 Å². The van der Waals surface area contributed by atoms with Gasteiger partial charge in [0.25, 0.3) is 0 Å². The maximum absolute atomic E-state index is 12.7. The topological polar surface area (TPSA) is 44.8 Å². The van der Waals surface area contributed by atoms with E-state index in [4.69, 9.17) is 14.2 Å². The number of carbonyl (C=O) groups is 1. The van der Waals surface area contributed by atoms with Crippen LogP contribution in [0.5, 0.6) is 0 Å². The van der Waals surface area contributed by atoms with Gasteiger partial charge in [0.15, 0.2) is 5.79 Å². The van der Waals surface area contributed by atoms with Gasteiger partial charge in [-0.2, -0.15) is 0 Å². The fourth-order valence-electron chi connectivity index (χ4n) is 10.5. The number of rotatable bonds is 2. The summed E-state index contributed by atoms with van der Waals surface area (Å²) in [5.41, 5.74) is 2.81. The molecule has 0 aromatic heterocycles. The number of hydrogen-bond donors (Lipinski definition) is 0. The van der Waals surface area contributed by atoms with Gasteiger partial charge in [0, 0.05) is 18.8 Å². The number of benzene rings is 1. The molecule has 38 heavy (non-hydrogen) atoms. The second kappa shape index (κ2) is 8.93. The summed E-state index contributed by atoms with van der Waals surface area (Å²) in [6.45, 7) is 10.7. The van der Waals surface area contributed by atoms with Gasteiger partial charge >= 0.3 is 5.97 Å². The molecule has 206 valence electrons. The minimum atomic E-state index is -0.326. The Balaban J connectivity index is 1.08. The van der Waals surface area contributed by atoms with Gasteiger partial charge in [-0.15, -0.1) is 0 Å². The van der Waals surface area contributed by atoms with E-state index >= 15 is 0 Å². The van der Waals surface area contributed by atoms with Gasteiger partial charge in [0.1, 0.15) is 6.10 Å². The zero-order valence-electron chi connectivity index (χ0n) is 23.8. The zero-order chi connectivity index (χ0) is 26.3. The Morgan fingerprint density at radius 2 is 1.82 bits per heavy atom. The summed E-state index contributed by atoms with van der Waals surface area (Å²) in [6.07, 6.45) is 13.3. The highest BCUT2D eigenvalue weighted by molar-refractivity contribution is 5.89. The van der Waals surface area contributed by atoms with E-state index in [0.717, 1.165) is 50.0 Å². The standard InChI is InChI=1S/C34H46O4/c1-21-12-17-34(36-20-21)22(2)30-29(38-34)19-28-26-11-10-24-18-25(37-31(35)23-8-6-5-7-9-23)13-15-32(24,3)27(26)14-16-33(28,30)4/h5-10,21-22,25-30H,11-20H2,1-4H3. The highest BCUT2D eigenvalue weighted by Gasteiger charge is 2.68. The number of allylic oxidation sites excluding steroid dienone is 1. The lowest BCUT2D eigenvalue weighted by atomic mass is 9.47. The van der Waals surface area contributed by atoms with E-state index < -0.39 is 0 Å². The molecule has 0 amide bonds. The molecule has 11 unspecified atom stereocenters. The summed E-state index contributed by atoms with van der Waals surface area (Å²) in [5, 5.41) is 0. The summed E-state index contributed by atoms with van der Waals surface area (Å²) in [7, 11) is 0. The summed E-state index contributed by atoms with van der Waals surface area (Å²) in [5.74, 6) is 3.46. The molecular formula is C34H46O4. The predicted molar refractivity (Wildman–Crippen MR) is 147 cm³/mol. The van der Waals surface area contributed by atoms with Crippen molar-refractivity contribution in [2.75, 3.05) is 6.61 Å². The number of fused-ring (bicyclic) bond motifs is 7. The minimum Gasteiger partial charge on any atom is -0.458 e. The first-order valence-corrected chi connectivity index (χ1v) is 15.5. The van der Waals surface area contributed by atoms with Crippen LogP contribution in [-0.2, 0) is 14.2 Å². The Hall–Kier alpha value is -1.65. The monoisotopic (exact) mass is 518 g/mol. The molecule has 6 aliphatic rings. The van der Waals surface area contributed by atoms with Gasteiger partial charge < -0.3 is 14.2 Å². The molecule has 1 aromatic carbocycles. The molecule has 4 aliphatic carbocycles. The molecule has 2 saturated heterocycles. The van der Waals surface area contributed by atoms with Crippen LogP contribution in [0.2, 0.25) is 0 Å². The largest absolute Gasteiger partial charge is 0.458 e. The van der Waals surface area contributed by atoms with Crippen LogP contribution in [0.15, 0.2) is 42.0 Å². The van der Waals surface area contributed by atoms with E-state index in [1.54, 1.807) is 5.57 Å². The summed E-state index contributed by atoms with van der Waals surface area (Å²) >= 11 is 0. The average Bonchev–Trinajstić information content (AvgIpc) is 3.36. The lowest BCUT2D eigenvalue weighted by molar-refractivity contribution is -0.272. The Labute approximate surface area is 228 Å². The van der Waals surface area contributed by atoms with Crippen molar-refractivity contribution in [3.63, 3.8) is 0 Å². The highest BCUT2D eigenvalue weighted by Crippen LogP contribution is 2.70. The summed E-state index contributed by atoms with van der Waals surface area (Å²) < 4.78 is 19.5. The van der Waals surface area contributed by atoms with Gasteiger partial charge in [0.05, 0.1) is 18.3 Å². The Bertz CT molecular complexity index is 1100. The minimum absolute atomic E-state index is 0.00178. The number of carbonyl (C=O) groups excluding carboxylic acids is 1. The highest BCUT2D eigenvalue weighted by atomic mass is 16.7. The third-order valence-electron chi connectivity index (χ3n) is 12.6. The van der Waals surface area contributed by atoms with Gasteiger partial charge in [0.2, 0.25) is 0 Å². The molecule has 2 heterocycles. The van der Waals surface area contributed by atoms with Crippen molar-refractivity contribution in [3.8, 4) is 0 Å². The average molecular weight is 519 g/mol. The molecule has 0 N–H and O–H groups in total. The first kappa shape index (κ1) is 25.3. The van der Waals surface area contributed by atoms with E-state index in [9.17, 15) is 4.79 Å². The first-order valence-electron chi connectivity index (χ1n) is 15.5. The number of ether oxygens (including phenoxy) is 3. The van der Waals surface area contributed by atoms with Crippen molar-refractivity contribution in [1.82, 2.24) is 0 Å². The van der Waals surface area contributed by atoms with Crippen LogP contribution < -0.4 is 0 Å². The smallest absolute Gasteiger partial charge is 0.338 e. The lowest BCUT2D eigenvalue weighted by Gasteiger charge is -2.58. The Morgan fingerprint density at radius 3 is 2.58 bits per heavy atom. The van der Waals surface area contributed by atoms with Crippen molar-refractivity contribution in [2.45, 2.75) is 103 Å². The van der Waals surface area contributed by atoms with Crippen molar-refractivity contribution in [1.29, 1.82) is 0 Å². The molecule has 2 aliphatic heterocycles. The van der Waals surface area contributed by atoms with Gasteiger partial charge in [-0.3, -0.25) is 0 Å². The number of esters is 1. The molecule has 4 nitrogen and oxygen atoms in total. The molecule has 1 spiro atoms. The molecule has 5 fully saturated rings. The molecular weight excluding hydrogens is 472 g/mol. The summed E-state index contributed by atoms with van der Waals surface area (Å²) in [4.78, 5) is 12.7. The molecule has 1 aromatic rings. The molecule has 11 atom stereocenters. The SMILES string of the molecule is CC1CCC2(OC1)OC1CC3C4CC=C5CC(OC(=O)c6ccccc6)CCC5(C)C4CCC3(C)C1C2C. The maximum Gasteiger partial charge on any atom is 0.338 e. The molecule has 7 rings (SSSR count). The third-order valence-corrected chi connectivity index (χ3v) is 12.6. The quantitative estimate of drug-likeness (QED) is 0.299. The number of hydrogen-bond acceptors (Lipinski definition) is 4. The van der Waals surface area contributed by atoms with Crippen LogP contribution in [0.1, 0.15) is 95.8 Å². The third kappa shape index (κ3) is 3.65. The first-order chi connectivity index (χ1) is 18.2. The van der Waals surface area contributed by atoms with Gasteiger partial charge in [-0.1, -0.05) is 57.5 Å². The van der Waals surface area contributed by atoms with E-state index in [-0.39, 0.29) is 23.3 Å². The zero-order valence-corrected chi connectivity index (χ0v) is 23.8. The lowest BCUT2D eigenvalue weighted by Crippen LogP contribution is -2.52. The van der Waals surface area contributed by atoms with Crippen molar-refractivity contribution < 1.29 is 19.0 Å². The summed E-state index contributed by atoms with van der Waals surface area (Å²) in [6, 6.07) is 9.45. The van der Waals surface area contributed by atoms with Crippen LogP contribution in [0.3, 0.4) is 0 Å². The van der Waals surface area contributed by atoms with Gasteiger partial charge in [-0.05, 0) is 97.5 Å². The van der Waals surface area contributed by atoms with E-state index in [1.807, 2.05) is 30.3 Å². The molecule has 3 saturated carbocycles. The van der Waals surface area contributed by atoms with Crippen molar-refractivity contribution >= 4 is 5.97 Å². The molecule has 4 heteroatoms. The normalized spacial score (nSPS) is 49.4. The van der Waals surface area contributed by atoms with Crippen LogP contribution >= 0.6 is 0 Å². The van der Waals surface area contributed by atoms with E-state index in [2.05, 4.69) is 33.8 Å². The maximum atomic E-state index is 12.7. The molecule has 0 radical (unpaired) electrons. The fourth-order valence-corrected chi connectivity index (χ4v) is 10.5. The second-order valence-electron chi connectivity index (χ2n) is 14.4. The van der Waals surface area contributed by atoms with Crippen LogP contribution in [0.4, 0.5) is 0 Å². The predicted octanol–water partition coefficient (Wildman–Crippen LogP) is 7.58. The van der Waals surface area contributed by atoms with Gasteiger partial charge in [-0.25, -0.2) is 4.79 Å². The van der Waals surface area contributed by atoms with Crippen molar-refractivity contribution in [2.24, 2.45) is 46.3 Å². The van der Waals surface area contributed by atoms with Crippen LogP contribution in [0.25, 0.3) is 0 Å². The molecule has 0 bridgehead atoms. The van der Waals surface area contributed by atoms with Crippen molar-refractivity contribution in [3.05, 3.63) is 47.5 Å². The van der Waals surface area contributed by atoms with E-state index in [1.165, 1.54) is 32.1 Å². The second-order valence-corrected chi connectivity index (χ2v) is 14.4. The van der Waals surface area contributed by atoms with Crippen LogP contribution in [-0.4, -0.2) is 30.6 Å². The van der Waals surface area contributed by atoms with Crippen LogP contribution in [0, 0.1) is 46.3 Å². The Kier molecular flexibility index (Phi) is 5.95. The fraction of sp³-hybridized carbons (Fsp3) is 0.735. The Morgan fingerprint density at radius 1 is 1.00 bits per heavy atom.